The zero-order valence-corrected chi connectivity index (χ0v) is 21.0. The van der Waals surface area contributed by atoms with Crippen LogP contribution in [0.2, 0.25) is 0 Å². The predicted molar refractivity (Wildman–Crippen MR) is 131 cm³/mol. The summed E-state index contributed by atoms with van der Waals surface area (Å²) in [4.78, 5) is 19.1. The zero-order valence-electron chi connectivity index (χ0n) is 19.4. The van der Waals surface area contributed by atoms with E-state index >= 15 is 0 Å². The molecule has 2 heterocycles. The van der Waals surface area contributed by atoms with Crippen LogP contribution in [0.4, 0.5) is 8.78 Å². The number of rotatable bonds is 6. The fourth-order valence-corrected chi connectivity index (χ4v) is 4.38. The van der Waals surface area contributed by atoms with Gasteiger partial charge in [0.05, 0.1) is 20.8 Å². The van der Waals surface area contributed by atoms with Gasteiger partial charge in [0, 0.05) is 57.4 Å². The molecule has 10 heteroatoms. The van der Waals surface area contributed by atoms with Crippen molar-refractivity contribution in [3.05, 3.63) is 58.7 Å². The maximum atomic E-state index is 13.9. The summed E-state index contributed by atoms with van der Waals surface area (Å²) in [5.41, 5.74) is 2.77. The van der Waals surface area contributed by atoms with Crippen LogP contribution in [0.3, 0.4) is 0 Å². The van der Waals surface area contributed by atoms with Gasteiger partial charge >= 0.3 is 0 Å². The molecule has 34 heavy (non-hydrogen) atoms. The molecule has 1 fully saturated rings. The second-order valence-electron chi connectivity index (χ2n) is 8.33. The van der Waals surface area contributed by atoms with Gasteiger partial charge in [-0.1, -0.05) is 6.07 Å². The number of fused-ring (bicyclic) bond motifs is 1. The highest BCUT2D eigenvalue weighted by molar-refractivity contribution is 5.85. The number of methoxy groups -OCH3 is 2. The highest BCUT2D eigenvalue weighted by Crippen LogP contribution is 2.33. The molecule has 0 bridgehead atoms. The molecule has 0 spiro atoms. The van der Waals surface area contributed by atoms with E-state index in [1.165, 1.54) is 17.7 Å². The summed E-state index contributed by atoms with van der Waals surface area (Å²) in [6.07, 6.45) is 0.790. The van der Waals surface area contributed by atoms with Crippen molar-refractivity contribution >= 4 is 30.7 Å². The van der Waals surface area contributed by atoms with Crippen LogP contribution in [0.15, 0.2) is 30.3 Å². The van der Waals surface area contributed by atoms with Crippen molar-refractivity contribution in [1.29, 1.82) is 0 Å². The molecule has 0 radical (unpaired) electrons. The molecule has 188 valence electrons. The zero-order chi connectivity index (χ0) is 22.7. The number of nitrogens with zero attached hydrogens (tertiary/aromatic N) is 3. The summed E-state index contributed by atoms with van der Waals surface area (Å²) in [6.45, 7) is 5.04. The summed E-state index contributed by atoms with van der Waals surface area (Å²) in [5, 5.41) is 0. The Hall–Kier alpha value is -2.13. The first-order valence-corrected chi connectivity index (χ1v) is 10.9. The SMILES string of the molecule is COc1cc2c(cc1OC)CN(C(=O)CN1CCN(Cc3ccc(F)cc3F)CC1)CC2.Cl.Cl. The quantitative estimate of drug-likeness (QED) is 0.586. The Kier molecular flexibility index (Phi) is 10.4. The monoisotopic (exact) mass is 517 g/mol. The van der Waals surface area contributed by atoms with Gasteiger partial charge in [0.2, 0.25) is 5.91 Å². The van der Waals surface area contributed by atoms with Crippen molar-refractivity contribution in [3.8, 4) is 11.5 Å². The van der Waals surface area contributed by atoms with Crippen LogP contribution < -0.4 is 9.47 Å². The smallest absolute Gasteiger partial charge is 0.237 e. The summed E-state index contributed by atoms with van der Waals surface area (Å²) >= 11 is 0. The van der Waals surface area contributed by atoms with Gasteiger partial charge in [-0.15, -0.1) is 24.8 Å². The molecule has 2 aliphatic rings. The largest absolute Gasteiger partial charge is 0.493 e. The predicted octanol–water partition coefficient (Wildman–Crippen LogP) is 3.53. The van der Waals surface area contributed by atoms with E-state index in [0.29, 0.717) is 43.2 Å². The lowest BCUT2D eigenvalue weighted by Crippen LogP contribution is -2.50. The molecule has 2 aliphatic heterocycles. The molecule has 0 atom stereocenters. The Morgan fingerprint density at radius 2 is 1.50 bits per heavy atom. The fourth-order valence-electron chi connectivity index (χ4n) is 4.38. The van der Waals surface area contributed by atoms with Crippen LogP contribution in [-0.2, 0) is 24.3 Å². The lowest BCUT2D eigenvalue weighted by Gasteiger charge is -2.36. The van der Waals surface area contributed by atoms with Gasteiger partial charge in [-0.25, -0.2) is 8.78 Å². The van der Waals surface area contributed by atoms with E-state index in [-0.39, 0.29) is 30.7 Å². The number of hydrogen-bond donors (Lipinski definition) is 0. The maximum Gasteiger partial charge on any atom is 0.237 e. The minimum atomic E-state index is -0.563. The first-order chi connectivity index (χ1) is 15.5. The topological polar surface area (TPSA) is 45.3 Å². The van der Waals surface area contributed by atoms with Gasteiger partial charge in [-0.2, -0.15) is 0 Å². The minimum Gasteiger partial charge on any atom is -0.493 e. The molecule has 0 aliphatic carbocycles. The molecular weight excluding hydrogens is 487 g/mol. The number of ether oxygens (including phenoxy) is 2. The number of piperazine rings is 1. The second-order valence-corrected chi connectivity index (χ2v) is 8.33. The van der Waals surface area contributed by atoms with E-state index in [0.717, 1.165) is 44.2 Å². The number of carbonyl (C=O) groups is 1. The first kappa shape index (κ1) is 28.1. The van der Waals surface area contributed by atoms with Crippen molar-refractivity contribution in [1.82, 2.24) is 14.7 Å². The molecule has 1 amide bonds. The number of carbonyl (C=O) groups excluding carboxylic acids is 1. The summed E-state index contributed by atoms with van der Waals surface area (Å²) in [7, 11) is 3.24. The average Bonchev–Trinajstić information content (AvgIpc) is 2.80. The third kappa shape index (κ3) is 6.50. The van der Waals surface area contributed by atoms with Crippen LogP contribution in [0.1, 0.15) is 16.7 Å². The van der Waals surface area contributed by atoms with Crippen molar-refractivity contribution in [2.75, 3.05) is 53.5 Å². The van der Waals surface area contributed by atoms with E-state index in [1.54, 1.807) is 14.2 Å². The highest BCUT2D eigenvalue weighted by atomic mass is 35.5. The molecular formula is C24H31Cl2F2N3O3. The van der Waals surface area contributed by atoms with Crippen LogP contribution in [-0.4, -0.2) is 74.1 Å². The molecule has 4 rings (SSSR count). The van der Waals surface area contributed by atoms with Crippen molar-refractivity contribution in [2.45, 2.75) is 19.5 Å². The Labute approximate surface area is 211 Å². The Morgan fingerprint density at radius 3 is 2.12 bits per heavy atom. The number of amides is 1. The molecule has 0 unspecified atom stereocenters. The summed E-state index contributed by atoms with van der Waals surface area (Å²) in [5.74, 6) is 0.428. The van der Waals surface area contributed by atoms with Gasteiger partial charge in [-0.3, -0.25) is 14.6 Å². The van der Waals surface area contributed by atoms with Gasteiger partial charge in [-0.05, 0) is 35.7 Å². The normalized spacial score (nSPS) is 16.2. The van der Waals surface area contributed by atoms with E-state index in [2.05, 4.69) is 9.80 Å². The first-order valence-electron chi connectivity index (χ1n) is 10.9. The van der Waals surface area contributed by atoms with Crippen molar-refractivity contribution in [2.24, 2.45) is 0 Å². The van der Waals surface area contributed by atoms with Crippen LogP contribution in [0, 0.1) is 11.6 Å². The Morgan fingerprint density at radius 1 is 0.882 bits per heavy atom. The van der Waals surface area contributed by atoms with E-state index in [4.69, 9.17) is 9.47 Å². The van der Waals surface area contributed by atoms with Crippen LogP contribution >= 0.6 is 24.8 Å². The lowest BCUT2D eigenvalue weighted by atomic mass is 9.98. The Balaban J connectivity index is 0.00000204. The Bertz CT molecular complexity index is 988. The minimum absolute atomic E-state index is 0. The van der Waals surface area contributed by atoms with Gasteiger partial charge in [0.1, 0.15) is 11.6 Å². The molecule has 2 aromatic rings. The maximum absolute atomic E-state index is 13.9. The molecule has 6 nitrogen and oxygen atoms in total. The van der Waals surface area contributed by atoms with Crippen LogP contribution in [0.25, 0.3) is 0 Å². The summed E-state index contributed by atoms with van der Waals surface area (Å²) < 4.78 is 37.8. The lowest BCUT2D eigenvalue weighted by molar-refractivity contribution is -0.133. The molecule has 0 N–H and O–H groups in total. The molecule has 2 aromatic carbocycles. The van der Waals surface area contributed by atoms with Crippen molar-refractivity contribution in [3.63, 3.8) is 0 Å². The van der Waals surface area contributed by atoms with Gasteiger partial charge in [0.25, 0.3) is 0 Å². The molecule has 0 saturated carbocycles. The number of benzene rings is 2. The van der Waals surface area contributed by atoms with E-state index in [1.807, 2.05) is 17.0 Å². The highest BCUT2D eigenvalue weighted by Gasteiger charge is 2.26. The second kappa shape index (κ2) is 12.5. The standard InChI is InChI=1S/C24H29F2N3O3.2ClH/c1-31-22-11-17-5-6-29(15-19(17)12-23(22)32-2)24(30)16-28-9-7-27(8-10-28)14-18-3-4-20(25)13-21(18)26;;/h3-4,11-13H,5-10,14-16H2,1-2H3;2*1H. The average molecular weight is 518 g/mol. The molecule has 1 saturated heterocycles. The molecule has 0 aromatic heterocycles. The van der Waals surface area contributed by atoms with E-state index < -0.39 is 11.6 Å². The van der Waals surface area contributed by atoms with Crippen LogP contribution in [0.5, 0.6) is 11.5 Å². The van der Waals surface area contributed by atoms with Crippen molar-refractivity contribution < 1.29 is 23.0 Å². The number of hydrogen-bond acceptors (Lipinski definition) is 5. The number of halogens is 4. The van der Waals surface area contributed by atoms with Gasteiger partial charge in [0.15, 0.2) is 11.5 Å². The fraction of sp³-hybridized carbons (Fsp3) is 0.458. The van der Waals surface area contributed by atoms with E-state index in [9.17, 15) is 13.6 Å². The summed E-state index contributed by atoms with van der Waals surface area (Å²) in [6, 6.07) is 7.67. The third-order valence-corrected chi connectivity index (χ3v) is 6.30. The van der Waals surface area contributed by atoms with Gasteiger partial charge < -0.3 is 14.4 Å². The third-order valence-electron chi connectivity index (χ3n) is 6.30.